The van der Waals surface area contributed by atoms with Crippen molar-refractivity contribution in [3.05, 3.63) is 70.0 Å². The lowest BCUT2D eigenvalue weighted by molar-refractivity contribution is 0.102. The number of pyridine rings is 1. The fourth-order valence-corrected chi connectivity index (χ4v) is 3.78. The maximum atomic E-state index is 12.5. The van der Waals surface area contributed by atoms with Gasteiger partial charge in [-0.2, -0.15) is 0 Å². The number of nitrogens with zero attached hydrogens (tertiary/aromatic N) is 1. The number of amides is 1. The summed E-state index contributed by atoms with van der Waals surface area (Å²) in [6, 6.07) is 12.3. The number of nitrogens with one attached hydrogen (secondary N) is 2. The number of H-pyrrole nitrogens is 1. The maximum absolute atomic E-state index is 12.5. The van der Waals surface area contributed by atoms with E-state index < -0.39 is 15.9 Å². The van der Waals surface area contributed by atoms with Crippen LogP contribution in [0.2, 0.25) is 0 Å². The molecule has 3 rings (SSSR count). The molecule has 0 atom stereocenters. The van der Waals surface area contributed by atoms with Crippen LogP contribution in [-0.2, 0) is 21.4 Å². The van der Waals surface area contributed by atoms with Crippen LogP contribution in [0.1, 0.15) is 15.9 Å². The molecule has 2 aromatic carbocycles. The second-order valence-electron chi connectivity index (χ2n) is 6.62. The second kappa shape index (κ2) is 8.16. The Kier molecular flexibility index (Phi) is 5.83. The average Bonchev–Trinajstić information content (AvgIpc) is 2.67. The number of carbonyl (C=O) groups is 1. The molecule has 3 aromatic rings. The topological polar surface area (TPSA) is 109 Å². The summed E-state index contributed by atoms with van der Waals surface area (Å²) in [5.41, 5.74) is 1.88. The molecule has 152 valence electrons. The molecule has 0 aliphatic rings. The number of methoxy groups -OCH3 is 1. The van der Waals surface area contributed by atoms with Crippen molar-refractivity contribution in [3.8, 4) is 0 Å². The first-order valence-corrected chi connectivity index (χ1v) is 10.1. The predicted octanol–water partition coefficient (Wildman–Crippen LogP) is 2.18. The highest BCUT2D eigenvalue weighted by molar-refractivity contribution is 7.89. The van der Waals surface area contributed by atoms with Gasteiger partial charge in [0.2, 0.25) is 15.6 Å². The lowest BCUT2D eigenvalue weighted by atomic mass is 10.1. The zero-order valence-electron chi connectivity index (χ0n) is 16.2. The number of sulfonamides is 1. The molecule has 2 N–H and O–H groups in total. The lowest BCUT2D eigenvalue weighted by Gasteiger charge is -2.12. The quantitative estimate of drug-likeness (QED) is 0.641. The zero-order chi connectivity index (χ0) is 21.2. The van der Waals surface area contributed by atoms with Gasteiger partial charge < -0.3 is 15.0 Å². The van der Waals surface area contributed by atoms with Gasteiger partial charge in [-0.3, -0.25) is 9.59 Å². The SMILES string of the molecule is COCc1cc(=O)[nH]c2cc(NC(=O)c3ccc(S(=O)(=O)N(C)C)cc3)ccc12. The van der Waals surface area contributed by atoms with Gasteiger partial charge in [-0.05, 0) is 42.0 Å². The molecule has 1 amide bonds. The van der Waals surface area contributed by atoms with Crippen LogP contribution in [0.4, 0.5) is 5.69 Å². The predicted molar refractivity (Wildman–Crippen MR) is 111 cm³/mol. The highest BCUT2D eigenvalue weighted by Crippen LogP contribution is 2.21. The third kappa shape index (κ3) is 4.37. The molecule has 0 radical (unpaired) electrons. The van der Waals surface area contributed by atoms with E-state index in [-0.39, 0.29) is 10.5 Å². The highest BCUT2D eigenvalue weighted by Gasteiger charge is 2.17. The summed E-state index contributed by atoms with van der Waals surface area (Å²) < 4.78 is 30.5. The van der Waals surface area contributed by atoms with E-state index in [0.29, 0.717) is 23.4 Å². The van der Waals surface area contributed by atoms with Crippen molar-refractivity contribution in [1.29, 1.82) is 0 Å². The number of carbonyl (C=O) groups excluding carboxylic acids is 1. The summed E-state index contributed by atoms with van der Waals surface area (Å²) >= 11 is 0. The van der Waals surface area contributed by atoms with Crippen LogP contribution < -0.4 is 10.9 Å². The molecule has 29 heavy (non-hydrogen) atoms. The molecule has 0 saturated carbocycles. The molecule has 1 heterocycles. The number of hydrogen-bond donors (Lipinski definition) is 2. The van der Waals surface area contributed by atoms with Crippen molar-refractivity contribution in [1.82, 2.24) is 9.29 Å². The molecule has 0 aliphatic carbocycles. The Bertz CT molecular complexity index is 1220. The van der Waals surface area contributed by atoms with Crippen LogP contribution in [-0.4, -0.2) is 44.8 Å². The number of aromatic amines is 1. The third-order valence-electron chi connectivity index (χ3n) is 4.38. The summed E-state index contributed by atoms with van der Waals surface area (Å²) in [6.45, 7) is 0.300. The largest absolute Gasteiger partial charge is 0.380 e. The minimum Gasteiger partial charge on any atom is -0.380 e. The summed E-state index contributed by atoms with van der Waals surface area (Å²) in [7, 11) is 0.879. The van der Waals surface area contributed by atoms with Crippen LogP contribution >= 0.6 is 0 Å². The Labute approximate surface area is 168 Å². The van der Waals surface area contributed by atoms with Crippen LogP contribution in [0.25, 0.3) is 10.9 Å². The number of fused-ring (bicyclic) bond motifs is 1. The Morgan fingerprint density at radius 1 is 1.10 bits per heavy atom. The van der Waals surface area contributed by atoms with E-state index in [2.05, 4.69) is 10.3 Å². The van der Waals surface area contributed by atoms with Gasteiger partial charge in [0.25, 0.3) is 5.91 Å². The summed E-state index contributed by atoms with van der Waals surface area (Å²) in [5, 5.41) is 3.57. The Morgan fingerprint density at radius 3 is 2.41 bits per heavy atom. The van der Waals surface area contributed by atoms with Crippen molar-refractivity contribution in [3.63, 3.8) is 0 Å². The van der Waals surface area contributed by atoms with Gasteiger partial charge in [0.1, 0.15) is 0 Å². The standard InChI is InChI=1S/C20H21N3O5S/c1-23(2)29(26,27)16-7-4-13(5-8-16)20(25)21-15-6-9-17-14(12-28-3)10-19(24)22-18(17)11-15/h4-11H,12H2,1-3H3,(H,21,25)(H,22,24). The number of rotatable bonds is 6. The smallest absolute Gasteiger partial charge is 0.255 e. The zero-order valence-corrected chi connectivity index (χ0v) is 17.0. The Morgan fingerprint density at radius 2 is 1.79 bits per heavy atom. The molecular formula is C20H21N3O5S. The van der Waals surface area contributed by atoms with E-state index in [0.717, 1.165) is 15.3 Å². The van der Waals surface area contributed by atoms with Crippen molar-refractivity contribution in [2.45, 2.75) is 11.5 Å². The molecule has 9 heteroatoms. The lowest BCUT2D eigenvalue weighted by Crippen LogP contribution is -2.22. The molecule has 0 aliphatic heterocycles. The summed E-state index contributed by atoms with van der Waals surface area (Å²) in [6.07, 6.45) is 0. The number of aromatic nitrogens is 1. The van der Waals surface area contributed by atoms with Gasteiger partial charge in [-0.25, -0.2) is 12.7 Å². The van der Waals surface area contributed by atoms with Crippen LogP contribution in [0.15, 0.2) is 58.2 Å². The Hall–Kier alpha value is -3.01. The van der Waals surface area contributed by atoms with Crippen molar-refractivity contribution in [2.24, 2.45) is 0 Å². The molecular weight excluding hydrogens is 394 g/mol. The first kappa shape index (κ1) is 20.7. The van der Waals surface area contributed by atoms with E-state index in [9.17, 15) is 18.0 Å². The van der Waals surface area contributed by atoms with Crippen molar-refractivity contribution >= 4 is 32.5 Å². The molecule has 0 fully saturated rings. The highest BCUT2D eigenvalue weighted by atomic mass is 32.2. The van der Waals surface area contributed by atoms with E-state index >= 15 is 0 Å². The monoisotopic (exact) mass is 415 g/mol. The van der Waals surface area contributed by atoms with Crippen molar-refractivity contribution < 1.29 is 17.9 Å². The van der Waals surface area contributed by atoms with E-state index in [1.165, 1.54) is 44.4 Å². The van der Waals surface area contributed by atoms with Gasteiger partial charge in [-0.1, -0.05) is 6.07 Å². The van der Waals surface area contributed by atoms with Crippen LogP contribution in [0.3, 0.4) is 0 Å². The first-order valence-electron chi connectivity index (χ1n) is 8.71. The average molecular weight is 415 g/mol. The second-order valence-corrected chi connectivity index (χ2v) is 8.77. The number of ether oxygens (including phenoxy) is 1. The summed E-state index contributed by atoms with van der Waals surface area (Å²) in [5.74, 6) is -0.395. The number of benzene rings is 2. The van der Waals surface area contributed by atoms with E-state index in [1.807, 2.05) is 0 Å². The fourth-order valence-electron chi connectivity index (χ4n) is 2.88. The minimum absolute atomic E-state index is 0.105. The molecule has 1 aromatic heterocycles. The normalized spacial score (nSPS) is 11.7. The minimum atomic E-state index is -3.56. The number of anilines is 1. The molecule has 8 nitrogen and oxygen atoms in total. The van der Waals surface area contributed by atoms with Crippen molar-refractivity contribution in [2.75, 3.05) is 26.5 Å². The van der Waals surface area contributed by atoms with Gasteiger partial charge in [0.15, 0.2) is 0 Å². The Balaban J connectivity index is 1.85. The molecule has 0 bridgehead atoms. The summed E-state index contributed by atoms with van der Waals surface area (Å²) in [4.78, 5) is 27.2. The first-order chi connectivity index (χ1) is 13.7. The van der Waals surface area contributed by atoms with Gasteiger partial charge in [0.05, 0.1) is 17.0 Å². The van der Waals surface area contributed by atoms with E-state index in [1.54, 1.807) is 25.3 Å². The van der Waals surface area contributed by atoms with E-state index in [4.69, 9.17) is 4.74 Å². The number of hydrogen-bond acceptors (Lipinski definition) is 5. The van der Waals surface area contributed by atoms with Gasteiger partial charge in [0, 0.05) is 43.9 Å². The molecule has 0 saturated heterocycles. The van der Waals surface area contributed by atoms with Gasteiger partial charge >= 0.3 is 0 Å². The van der Waals surface area contributed by atoms with Gasteiger partial charge in [-0.15, -0.1) is 0 Å². The molecule has 0 unspecified atom stereocenters. The maximum Gasteiger partial charge on any atom is 0.255 e. The van der Waals surface area contributed by atoms with Crippen LogP contribution in [0.5, 0.6) is 0 Å². The fraction of sp³-hybridized carbons (Fsp3) is 0.200. The molecule has 0 spiro atoms. The van der Waals surface area contributed by atoms with Crippen LogP contribution in [0, 0.1) is 0 Å². The third-order valence-corrected chi connectivity index (χ3v) is 6.21.